The fourth-order valence-electron chi connectivity index (χ4n) is 2.52. The van der Waals surface area contributed by atoms with Crippen molar-refractivity contribution in [3.63, 3.8) is 0 Å². The van der Waals surface area contributed by atoms with Gasteiger partial charge in [-0.15, -0.1) is 0 Å². The normalized spacial score (nSPS) is 10.8. The standard InChI is InChI=1S/C19H22N4O3/c20-18(21)13-4-6-14(7-5-13)24-10-2-1-3-11-25-15-8-9-16-17(12-15)26-23-19(16)22/h4-9,12H,1-3,10-11H2,(H3,20,21)(H2,22,23). The van der Waals surface area contributed by atoms with Crippen molar-refractivity contribution in [1.29, 1.82) is 5.41 Å². The van der Waals surface area contributed by atoms with Crippen LogP contribution in [0.2, 0.25) is 0 Å². The lowest BCUT2D eigenvalue weighted by atomic mass is 10.2. The molecule has 7 heteroatoms. The number of hydrogen-bond donors (Lipinski definition) is 3. The van der Waals surface area contributed by atoms with E-state index in [0.29, 0.717) is 30.2 Å². The Morgan fingerprint density at radius 2 is 1.62 bits per heavy atom. The molecule has 5 N–H and O–H groups in total. The molecule has 0 unspecified atom stereocenters. The second kappa shape index (κ2) is 8.24. The molecule has 1 heterocycles. The van der Waals surface area contributed by atoms with Gasteiger partial charge in [0.1, 0.15) is 17.3 Å². The lowest BCUT2D eigenvalue weighted by molar-refractivity contribution is 0.279. The maximum Gasteiger partial charge on any atom is 0.174 e. The first-order valence-electron chi connectivity index (χ1n) is 8.48. The van der Waals surface area contributed by atoms with Gasteiger partial charge in [0.15, 0.2) is 11.4 Å². The number of fused-ring (bicyclic) bond motifs is 1. The fourth-order valence-corrected chi connectivity index (χ4v) is 2.52. The van der Waals surface area contributed by atoms with Gasteiger partial charge in [-0.2, -0.15) is 0 Å². The number of rotatable bonds is 9. The molecule has 3 aromatic rings. The van der Waals surface area contributed by atoms with Crippen molar-refractivity contribution >= 4 is 22.6 Å². The maximum atomic E-state index is 7.35. The zero-order valence-electron chi connectivity index (χ0n) is 14.4. The van der Waals surface area contributed by atoms with Crippen LogP contribution in [-0.4, -0.2) is 24.2 Å². The smallest absolute Gasteiger partial charge is 0.174 e. The highest BCUT2D eigenvalue weighted by Crippen LogP contribution is 2.25. The number of nitrogens with zero attached hydrogens (tertiary/aromatic N) is 1. The van der Waals surface area contributed by atoms with E-state index in [-0.39, 0.29) is 5.84 Å². The number of nitrogens with two attached hydrogens (primary N) is 2. The van der Waals surface area contributed by atoms with E-state index in [9.17, 15) is 0 Å². The lowest BCUT2D eigenvalue weighted by Gasteiger charge is -2.08. The summed E-state index contributed by atoms with van der Waals surface area (Å²) >= 11 is 0. The van der Waals surface area contributed by atoms with Crippen molar-refractivity contribution in [2.75, 3.05) is 18.9 Å². The summed E-state index contributed by atoms with van der Waals surface area (Å²) in [5.41, 5.74) is 12.4. The monoisotopic (exact) mass is 354 g/mol. The van der Waals surface area contributed by atoms with Gasteiger partial charge in [-0.25, -0.2) is 0 Å². The van der Waals surface area contributed by atoms with E-state index in [1.807, 2.05) is 24.3 Å². The number of anilines is 1. The van der Waals surface area contributed by atoms with Gasteiger partial charge in [-0.3, -0.25) is 5.41 Å². The number of hydrogen-bond acceptors (Lipinski definition) is 6. The Balaban J connectivity index is 1.32. The molecule has 0 amide bonds. The number of aromatic nitrogens is 1. The van der Waals surface area contributed by atoms with Gasteiger partial charge in [0, 0.05) is 11.6 Å². The molecule has 0 saturated carbocycles. The molecule has 0 fully saturated rings. The molecule has 7 nitrogen and oxygen atoms in total. The lowest BCUT2D eigenvalue weighted by Crippen LogP contribution is -2.10. The molecular formula is C19H22N4O3. The average Bonchev–Trinajstić information content (AvgIpc) is 3.02. The minimum atomic E-state index is 0.0578. The van der Waals surface area contributed by atoms with Crippen LogP contribution in [0, 0.1) is 5.41 Å². The quantitative estimate of drug-likeness (QED) is 0.308. The third-order valence-corrected chi connectivity index (χ3v) is 3.96. The first-order chi connectivity index (χ1) is 12.6. The van der Waals surface area contributed by atoms with Gasteiger partial charge in [0.25, 0.3) is 0 Å². The van der Waals surface area contributed by atoms with Crippen LogP contribution >= 0.6 is 0 Å². The van der Waals surface area contributed by atoms with E-state index in [4.69, 9.17) is 30.9 Å². The van der Waals surface area contributed by atoms with Crippen molar-refractivity contribution in [3.05, 3.63) is 48.0 Å². The Kier molecular flexibility index (Phi) is 5.58. The van der Waals surface area contributed by atoms with Crippen LogP contribution in [0.15, 0.2) is 47.0 Å². The average molecular weight is 354 g/mol. The number of nitrogens with one attached hydrogen (secondary N) is 1. The van der Waals surface area contributed by atoms with Gasteiger partial charge in [0.05, 0.1) is 18.6 Å². The van der Waals surface area contributed by atoms with E-state index >= 15 is 0 Å². The summed E-state index contributed by atoms with van der Waals surface area (Å²) in [6.45, 7) is 1.27. The van der Waals surface area contributed by atoms with Crippen molar-refractivity contribution in [3.8, 4) is 11.5 Å². The van der Waals surface area contributed by atoms with Crippen LogP contribution in [0.25, 0.3) is 11.0 Å². The molecule has 2 aromatic carbocycles. The minimum Gasteiger partial charge on any atom is -0.494 e. The zero-order chi connectivity index (χ0) is 18.4. The number of ether oxygens (including phenoxy) is 2. The highest BCUT2D eigenvalue weighted by Gasteiger charge is 2.06. The molecule has 0 radical (unpaired) electrons. The molecule has 0 saturated heterocycles. The molecule has 0 aliphatic carbocycles. The van der Waals surface area contributed by atoms with Crippen LogP contribution < -0.4 is 20.9 Å². The summed E-state index contributed by atoms with van der Waals surface area (Å²) in [4.78, 5) is 0. The number of unbranched alkanes of at least 4 members (excludes halogenated alkanes) is 2. The van der Waals surface area contributed by atoms with Gasteiger partial charge in [-0.05, 0) is 55.7 Å². The van der Waals surface area contributed by atoms with E-state index in [1.165, 1.54) is 0 Å². The minimum absolute atomic E-state index is 0.0578. The van der Waals surface area contributed by atoms with Crippen molar-refractivity contribution in [2.45, 2.75) is 19.3 Å². The Morgan fingerprint density at radius 3 is 2.31 bits per heavy atom. The molecular weight excluding hydrogens is 332 g/mol. The first kappa shape index (κ1) is 17.6. The van der Waals surface area contributed by atoms with Gasteiger partial charge in [0.2, 0.25) is 0 Å². The Labute approximate surface area is 151 Å². The van der Waals surface area contributed by atoms with Crippen molar-refractivity contribution in [1.82, 2.24) is 5.16 Å². The summed E-state index contributed by atoms with van der Waals surface area (Å²) < 4.78 is 16.5. The van der Waals surface area contributed by atoms with Crippen LogP contribution in [0.3, 0.4) is 0 Å². The second-order valence-electron chi connectivity index (χ2n) is 5.92. The third kappa shape index (κ3) is 4.44. The molecule has 0 atom stereocenters. The third-order valence-electron chi connectivity index (χ3n) is 3.96. The highest BCUT2D eigenvalue weighted by atomic mass is 16.5. The van der Waals surface area contributed by atoms with E-state index in [2.05, 4.69) is 5.16 Å². The molecule has 136 valence electrons. The van der Waals surface area contributed by atoms with Gasteiger partial charge < -0.3 is 25.5 Å². The van der Waals surface area contributed by atoms with Crippen LogP contribution in [-0.2, 0) is 0 Å². The van der Waals surface area contributed by atoms with Crippen LogP contribution in [0.4, 0.5) is 5.82 Å². The Hall–Kier alpha value is -3.22. The number of amidine groups is 1. The summed E-state index contributed by atoms with van der Waals surface area (Å²) in [5.74, 6) is 1.98. The van der Waals surface area contributed by atoms with E-state index in [0.717, 1.165) is 36.1 Å². The predicted molar refractivity (Wildman–Crippen MR) is 101 cm³/mol. The van der Waals surface area contributed by atoms with E-state index in [1.54, 1.807) is 18.2 Å². The number of nitrogen functional groups attached to an aromatic ring is 2. The fraction of sp³-hybridized carbons (Fsp3) is 0.263. The maximum absolute atomic E-state index is 7.35. The van der Waals surface area contributed by atoms with Crippen LogP contribution in [0.5, 0.6) is 11.5 Å². The summed E-state index contributed by atoms with van der Waals surface area (Å²) in [6, 6.07) is 12.7. The molecule has 0 spiro atoms. The molecule has 26 heavy (non-hydrogen) atoms. The zero-order valence-corrected chi connectivity index (χ0v) is 14.4. The topological polar surface area (TPSA) is 120 Å². The summed E-state index contributed by atoms with van der Waals surface area (Å²) in [6.07, 6.45) is 2.88. The summed E-state index contributed by atoms with van der Waals surface area (Å²) in [5, 5.41) is 11.9. The first-order valence-corrected chi connectivity index (χ1v) is 8.48. The summed E-state index contributed by atoms with van der Waals surface area (Å²) in [7, 11) is 0. The van der Waals surface area contributed by atoms with Crippen molar-refractivity contribution < 1.29 is 14.0 Å². The van der Waals surface area contributed by atoms with E-state index < -0.39 is 0 Å². The molecule has 0 bridgehead atoms. The Morgan fingerprint density at radius 1 is 0.962 bits per heavy atom. The molecule has 1 aromatic heterocycles. The van der Waals surface area contributed by atoms with Crippen molar-refractivity contribution in [2.24, 2.45) is 5.73 Å². The predicted octanol–water partition coefficient (Wildman–Crippen LogP) is 3.32. The Bertz CT molecular complexity index is 874. The molecule has 0 aliphatic rings. The largest absolute Gasteiger partial charge is 0.494 e. The SMILES string of the molecule is N=C(N)c1ccc(OCCCCCOc2ccc3c(N)noc3c2)cc1. The molecule has 0 aliphatic heterocycles. The van der Waals surface area contributed by atoms with Crippen LogP contribution in [0.1, 0.15) is 24.8 Å². The van der Waals surface area contributed by atoms with Gasteiger partial charge >= 0.3 is 0 Å². The molecule has 3 rings (SSSR count). The number of benzene rings is 2. The second-order valence-corrected chi connectivity index (χ2v) is 5.92. The highest BCUT2D eigenvalue weighted by molar-refractivity contribution is 5.94. The van der Waals surface area contributed by atoms with Gasteiger partial charge in [-0.1, -0.05) is 5.16 Å².